The number of aromatic nitrogens is 2. The lowest BCUT2D eigenvalue weighted by molar-refractivity contribution is 0.459. The molecule has 0 aliphatic carbocycles. The molecule has 17 heavy (non-hydrogen) atoms. The van der Waals surface area contributed by atoms with Gasteiger partial charge in [-0.15, -0.1) is 0 Å². The summed E-state index contributed by atoms with van der Waals surface area (Å²) in [6, 6.07) is 9.66. The van der Waals surface area contributed by atoms with Gasteiger partial charge in [0, 0.05) is 0 Å². The first-order valence-electron chi connectivity index (χ1n) is 5.30. The van der Waals surface area contributed by atoms with Crippen molar-refractivity contribution in [1.82, 2.24) is 9.97 Å². The molecule has 2 aromatic rings. The fourth-order valence-corrected chi connectivity index (χ4v) is 1.37. The van der Waals surface area contributed by atoms with Gasteiger partial charge in [0.25, 0.3) is 0 Å². The van der Waals surface area contributed by atoms with Gasteiger partial charge >= 0.3 is 0 Å². The van der Waals surface area contributed by atoms with Crippen molar-refractivity contribution < 1.29 is 4.74 Å². The Morgan fingerprint density at radius 1 is 1.24 bits per heavy atom. The van der Waals surface area contributed by atoms with Gasteiger partial charge in [-0.3, -0.25) is 4.98 Å². The minimum atomic E-state index is 0.243. The van der Waals surface area contributed by atoms with Crippen LogP contribution in [0.4, 0.5) is 0 Å². The van der Waals surface area contributed by atoms with Gasteiger partial charge in [-0.05, 0) is 24.1 Å². The molecule has 0 unspecified atom stereocenters. The van der Waals surface area contributed by atoms with E-state index in [4.69, 9.17) is 10.00 Å². The SMILES string of the molecule is CCc1ccc(Oc2cncc(C#N)n2)cc1. The summed E-state index contributed by atoms with van der Waals surface area (Å²) in [5, 5.41) is 8.69. The minimum Gasteiger partial charge on any atom is -0.437 e. The first kappa shape index (κ1) is 11.1. The summed E-state index contributed by atoms with van der Waals surface area (Å²) in [5.74, 6) is 1.01. The lowest BCUT2D eigenvalue weighted by atomic mass is 10.2. The normalized spacial score (nSPS) is 9.65. The summed E-state index contributed by atoms with van der Waals surface area (Å²) in [6.45, 7) is 2.09. The molecule has 0 saturated carbocycles. The lowest BCUT2D eigenvalue weighted by Crippen LogP contribution is -1.92. The Kier molecular flexibility index (Phi) is 3.31. The van der Waals surface area contributed by atoms with Crippen LogP contribution in [-0.2, 0) is 6.42 Å². The Hall–Kier alpha value is -2.41. The van der Waals surface area contributed by atoms with Crippen LogP contribution in [0.1, 0.15) is 18.2 Å². The van der Waals surface area contributed by atoms with Gasteiger partial charge in [-0.25, -0.2) is 0 Å². The van der Waals surface area contributed by atoms with E-state index in [2.05, 4.69) is 16.9 Å². The first-order valence-corrected chi connectivity index (χ1v) is 5.30. The van der Waals surface area contributed by atoms with Crippen LogP contribution < -0.4 is 4.74 Å². The number of hydrogen-bond acceptors (Lipinski definition) is 4. The summed E-state index contributed by atoms with van der Waals surface area (Å²) in [6.07, 6.45) is 3.87. The number of hydrogen-bond donors (Lipinski definition) is 0. The van der Waals surface area contributed by atoms with Gasteiger partial charge in [0.15, 0.2) is 5.69 Å². The predicted octanol–water partition coefficient (Wildman–Crippen LogP) is 2.70. The summed E-state index contributed by atoms with van der Waals surface area (Å²) in [7, 11) is 0. The second-order valence-electron chi connectivity index (χ2n) is 3.45. The van der Waals surface area contributed by atoms with E-state index in [1.54, 1.807) is 0 Å². The van der Waals surface area contributed by atoms with Crippen molar-refractivity contribution in [3.63, 3.8) is 0 Å². The molecule has 84 valence electrons. The van der Waals surface area contributed by atoms with Gasteiger partial charge in [0.05, 0.1) is 12.4 Å². The van der Waals surface area contributed by atoms with Crippen molar-refractivity contribution in [3.8, 4) is 17.7 Å². The molecule has 0 radical (unpaired) electrons. The Balaban J connectivity index is 2.16. The van der Waals surface area contributed by atoms with E-state index in [1.165, 1.54) is 18.0 Å². The van der Waals surface area contributed by atoms with E-state index in [0.29, 0.717) is 11.6 Å². The molecule has 1 aromatic heterocycles. The smallest absolute Gasteiger partial charge is 0.239 e. The van der Waals surface area contributed by atoms with Crippen LogP contribution >= 0.6 is 0 Å². The Bertz CT molecular complexity index is 543. The van der Waals surface area contributed by atoms with Crippen molar-refractivity contribution >= 4 is 0 Å². The number of ether oxygens (including phenoxy) is 1. The maximum Gasteiger partial charge on any atom is 0.239 e. The third kappa shape index (κ3) is 2.79. The molecule has 0 N–H and O–H groups in total. The van der Waals surface area contributed by atoms with Crippen LogP contribution in [0.2, 0.25) is 0 Å². The average molecular weight is 225 g/mol. The number of rotatable bonds is 3. The van der Waals surface area contributed by atoms with Crippen molar-refractivity contribution in [2.75, 3.05) is 0 Å². The van der Waals surface area contributed by atoms with Crippen LogP contribution in [0.25, 0.3) is 0 Å². The predicted molar refractivity (Wildman–Crippen MR) is 62.6 cm³/mol. The van der Waals surface area contributed by atoms with Crippen LogP contribution in [0.15, 0.2) is 36.7 Å². The van der Waals surface area contributed by atoms with Gasteiger partial charge in [0.2, 0.25) is 5.88 Å². The third-order valence-electron chi connectivity index (χ3n) is 2.28. The van der Waals surface area contributed by atoms with E-state index >= 15 is 0 Å². The molecule has 0 atom stereocenters. The quantitative estimate of drug-likeness (QED) is 0.805. The lowest BCUT2D eigenvalue weighted by Gasteiger charge is -2.04. The van der Waals surface area contributed by atoms with Gasteiger partial charge in [-0.2, -0.15) is 10.2 Å². The van der Waals surface area contributed by atoms with E-state index < -0.39 is 0 Å². The fourth-order valence-electron chi connectivity index (χ4n) is 1.37. The molecule has 4 nitrogen and oxygen atoms in total. The minimum absolute atomic E-state index is 0.243. The zero-order valence-electron chi connectivity index (χ0n) is 9.42. The molecular weight excluding hydrogens is 214 g/mol. The molecule has 0 spiro atoms. The second-order valence-corrected chi connectivity index (χ2v) is 3.45. The van der Waals surface area contributed by atoms with Crippen molar-refractivity contribution in [1.29, 1.82) is 5.26 Å². The van der Waals surface area contributed by atoms with E-state index in [0.717, 1.165) is 6.42 Å². The van der Waals surface area contributed by atoms with E-state index in [-0.39, 0.29) is 5.69 Å². The van der Waals surface area contributed by atoms with Gasteiger partial charge < -0.3 is 4.74 Å². The second kappa shape index (κ2) is 5.08. The highest BCUT2D eigenvalue weighted by atomic mass is 16.5. The topological polar surface area (TPSA) is 58.8 Å². The molecule has 0 aliphatic rings. The van der Waals surface area contributed by atoms with Crippen LogP contribution in [0.3, 0.4) is 0 Å². The molecule has 0 saturated heterocycles. The summed E-state index contributed by atoms with van der Waals surface area (Å²) in [4.78, 5) is 7.86. The molecule has 1 aromatic carbocycles. The maximum absolute atomic E-state index is 8.69. The first-order chi connectivity index (χ1) is 8.31. The maximum atomic E-state index is 8.69. The third-order valence-corrected chi connectivity index (χ3v) is 2.28. The average Bonchev–Trinajstić information content (AvgIpc) is 2.40. The molecule has 0 bridgehead atoms. The van der Waals surface area contributed by atoms with Crippen molar-refractivity contribution in [3.05, 3.63) is 47.9 Å². The highest BCUT2D eigenvalue weighted by Gasteiger charge is 2.01. The molecular formula is C13H11N3O. The number of benzene rings is 1. The molecule has 0 amide bonds. The number of aryl methyl sites for hydroxylation is 1. The zero-order chi connectivity index (χ0) is 12.1. The summed E-state index contributed by atoms with van der Waals surface area (Å²) in [5.41, 5.74) is 1.49. The molecule has 2 rings (SSSR count). The molecule has 0 aliphatic heterocycles. The Labute approximate surface area is 99.5 Å². The zero-order valence-corrected chi connectivity index (χ0v) is 9.42. The highest BCUT2D eigenvalue weighted by Crippen LogP contribution is 2.19. The van der Waals surface area contributed by atoms with Crippen molar-refractivity contribution in [2.45, 2.75) is 13.3 Å². The highest BCUT2D eigenvalue weighted by molar-refractivity contribution is 5.30. The molecule has 0 fully saturated rings. The van der Waals surface area contributed by atoms with Crippen LogP contribution in [-0.4, -0.2) is 9.97 Å². The monoisotopic (exact) mass is 225 g/mol. The summed E-state index contributed by atoms with van der Waals surface area (Å²) >= 11 is 0. The standard InChI is InChI=1S/C13H11N3O/c1-2-10-3-5-12(6-4-10)17-13-9-15-8-11(7-14)16-13/h3-6,8-9H,2H2,1H3. The van der Waals surface area contributed by atoms with Crippen molar-refractivity contribution in [2.24, 2.45) is 0 Å². The van der Waals surface area contributed by atoms with Crippen LogP contribution in [0.5, 0.6) is 11.6 Å². The van der Waals surface area contributed by atoms with E-state index in [9.17, 15) is 0 Å². The number of nitriles is 1. The Morgan fingerprint density at radius 3 is 2.65 bits per heavy atom. The largest absolute Gasteiger partial charge is 0.437 e. The van der Waals surface area contributed by atoms with Gasteiger partial charge in [0.1, 0.15) is 11.8 Å². The summed E-state index contributed by atoms with van der Waals surface area (Å²) < 4.78 is 5.50. The molecule has 1 heterocycles. The fraction of sp³-hybridized carbons (Fsp3) is 0.154. The number of nitrogens with zero attached hydrogens (tertiary/aromatic N) is 3. The molecule has 4 heteroatoms. The van der Waals surface area contributed by atoms with Crippen LogP contribution in [0, 0.1) is 11.3 Å². The Morgan fingerprint density at radius 2 is 2.00 bits per heavy atom. The van der Waals surface area contributed by atoms with E-state index in [1.807, 2.05) is 30.3 Å². The van der Waals surface area contributed by atoms with Gasteiger partial charge in [-0.1, -0.05) is 19.1 Å².